The molecular formula is C6H12N2O3. The average Bonchev–Trinajstić information content (AvgIpc) is 1.82. The van der Waals surface area contributed by atoms with Gasteiger partial charge >= 0.3 is 5.97 Å². The fraction of sp³-hybridized carbons (Fsp3) is 0.667. The highest BCUT2D eigenvalue weighted by molar-refractivity contribution is 5.74. The van der Waals surface area contributed by atoms with Crippen molar-refractivity contribution in [2.75, 3.05) is 6.54 Å². The number of rotatable bonds is 5. The Bertz CT molecular complexity index is 158. The summed E-state index contributed by atoms with van der Waals surface area (Å²) in [6.45, 7) is 1.56. The van der Waals surface area contributed by atoms with Crippen LogP contribution in [0.3, 0.4) is 0 Å². The van der Waals surface area contributed by atoms with Crippen LogP contribution in [0.15, 0.2) is 0 Å². The zero-order valence-electron chi connectivity index (χ0n) is 6.33. The van der Waals surface area contributed by atoms with Crippen molar-refractivity contribution in [1.82, 2.24) is 5.32 Å². The van der Waals surface area contributed by atoms with E-state index in [1.165, 1.54) is 0 Å². The van der Waals surface area contributed by atoms with Gasteiger partial charge in [-0.1, -0.05) is 0 Å². The summed E-state index contributed by atoms with van der Waals surface area (Å²) in [6, 6.07) is -0.177. The SMILES string of the molecule is CC(CC(N)=O)NCC(=O)O. The monoisotopic (exact) mass is 160 g/mol. The Morgan fingerprint density at radius 2 is 2.18 bits per heavy atom. The maximum atomic E-state index is 10.3. The first kappa shape index (κ1) is 9.90. The number of carbonyl (C=O) groups excluding carboxylic acids is 1. The lowest BCUT2D eigenvalue weighted by Crippen LogP contribution is -2.34. The minimum atomic E-state index is -0.943. The number of aliphatic carboxylic acids is 1. The molecule has 0 aromatic carbocycles. The smallest absolute Gasteiger partial charge is 0.317 e. The molecule has 1 amide bonds. The van der Waals surface area contributed by atoms with Crippen LogP contribution in [-0.2, 0) is 9.59 Å². The number of primary amides is 1. The lowest BCUT2D eigenvalue weighted by molar-refractivity contribution is -0.136. The molecule has 0 bridgehead atoms. The molecule has 0 radical (unpaired) electrons. The highest BCUT2D eigenvalue weighted by Gasteiger charge is 2.05. The molecule has 0 aliphatic heterocycles. The van der Waals surface area contributed by atoms with Gasteiger partial charge in [-0.25, -0.2) is 0 Å². The van der Waals surface area contributed by atoms with Crippen LogP contribution in [0.2, 0.25) is 0 Å². The van der Waals surface area contributed by atoms with E-state index in [-0.39, 0.29) is 19.0 Å². The molecule has 11 heavy (non-hydrogen) atoms. The second-order valence-electron chi connectivity index (χ2n) is 2.35. The van der Waals surface area contributed by atoms with Crippen LogP contribution in [0.25, 0.3) is 0 Å². The summed E-state index contributed by atoms with van der Waals surface area (Å²) in [7, 11) is 0. The molecule has 0 aromatic rings. The molecule has 1 unspecified atom stereocenters. The molecule has 0 heterocycles. The number of amides is 1. The summed E-state index contributed by atoms with van der Waals surface area (Å²) < 4.78 is 0. The van der Waals surface area contributed by atoms with E-state index in [0.29, 0.717) is 0 Å². The van der Waals surface area contributed by atoms with Gasteiger partial charge in [0, 0.05) is 12.5 Å². The number of hydrogen-bond acceptors (Lipinski definition) is 3. The lowest BCUT2D eigenvalue weighted by atomic mass is 10.2. The second-order valence-corrected chi connectivity index (χ2v) is 2.35. The Morgan fingerprint density at radius 1 is 1.64 bits per heavy atom. The van der Waals surface area contributed by atoms with Gasteiger partial charge in [0.15, 0.2) is 0 Å². The Hall–Kier alpha value is -1.10. The third-order valence-electron chi connectivity index (χ3n) is 1.11. The van der Waals surface area contributed by atoms with Crippen LogP contribution in [0, 0.1) is 0 Å². The number of nitrogens with two attached hydrogens (primary N) is 1. The second kappa shape index (κ2) is 4.68. The predicted octanol–water partition coefficient (Wildman–Crippen LogP) is -1.08. The van der Waals surface area contributed by atoms with E-state index >= 15 is 0 Å². The van der Waals surface area contributed by atoms with Crippen molar-refractivity contribution in [3.63, 3.8) is 0 Å². The van der Waals surface area contributed by atoms with Gasteiger partial charge in [0.25, 0.3) is 0 Å². The van der Waals surface area contributed by atoms with Crippen molar-refractivity contribution in [3.05, 3.63) is 0 Å². The van der Waals surface area contributed by atoms with Gasteiger partial charge in [-0.3, -0.25) is 9.59 Å². The molecule has 1 atom stereocenters. The number of carboxylic acids is 1. The molecule has 0 spiro atoms. The van der Waals surface area contributed by atoms with Crippen molar-refractivity contribution < 1.29 is 14.7 Å². The van der Waals surface area contributed by atoms with E-state index in [0.717, 1.165) is 0 Å². The van der Waals surface area contributed by atoms with Crippen molar-refractivity contribution in [2.24, 2.45) is 5.73 Å². The molecule has 0 aliphatic carbocycles. The third kappa shape index (κ3) is 6.79. The van der Waals surface area contributed by atoms with Crippen LogP contribution in [0.4, 0.5) is 0 Å². The molecule has 0 aromatic heterocycles. The zero-order valence-corrected chi connectivity index (χ0v) is 6.33. The van der Waals surface area contributed by atoms with E-state index in [1.807, 2.05) is 0 Å². The summed E-state index contributed by atoms with van der Waals surface area (Å²) >= 11 is 0. The Balaban J connectivity index is 3.44. The topological polar surface area (TPSA) is 92.4 Å². The first-order valence-electron chi connectivity index (χ1n) is 3.26. The van der Waals surface area contributed by atoms with E-state index in [1.54, 1.807) is 6.92 Å². The fourth-order valence-corrected chi connectivity index (χ4v) is 0.635. The Labute approximate surface area is 64.6 Å². The summed E-state index contributed by atoms with van der Waals surface area (Å²) in [5.41, 5.74) is 4.87. The first-order valence-corrected chi connectivity index (χ1v) is 3.26. The minimum Gasteiger partial charge on any atom is -0.480 e. The highest BCUT2D eigenvalue weighted by Crippen LogP contribution is 1.86. The molecule has 0 rings (SSSR count). The summed E-state index contributed by atoms with van der Waals surface area (Å²) in [6.07, 6.45) is 0.160. The number of hydrogen-bond donors (Lipinski definition) is 3. The summed E-state index contributed by atoms with van der Waals surface area (Å²) in [5.74, 6) is -1.38. The molecule has 5 nitrogen and oxygen atoms in total. The van der Waals surface area contributed by atoms with E-state index in [4.69, 9.17) is 10.8 Å². The molecule has 64 valence electrons. The van der Waals surface area contributed by atoms with Gasteiger partial charge in [0.2, 0.25) is 5.91 Å². The van der Waals surface area contributed by atoms with Crippen molar-refractivity contribution in [2.45, 2.75) is 19.4 Å². The standard InChI is InChI=1S/C6H12N2O3/c1-4(2-5(7)9)8-3-6(10)11/h4,8H,2-3H2,1H3,(H2,7,9)(H,10,11). The zero-order chi connectivity index (χ0) is 8.85. The maximum absolute atomic E-state index is 10.3. The van der Waals surface area contributed by atoms with Crippen molar-refractivity contribution in [3.8, 4) is 0 Å². The van der Waals surface area contributed by atoms with E-state index < -0.39 is 11.9 Å². The molecule has 0 fully saturated rings. The Kier molecular flexibility index (Phi) is 4.21. The summed E-state index contributed by atoms with van der Waals surface area (Å²) in [5, 5.41) is 10.8. The largest absolute Gasteiger partial charge is 0.480 e. The van der Waals surface area contributed by atoms with Crippen LogP contribution in [-0.4, -0.2) is 29.6 Å². The highest BCUT2D eigenvalue weighted by atomic mass is 16.4. The Morgan fingerprint density at radius 3 is 2.55 bits per heavy atom. The molecule has 0 aliphatic rings. The summed E-state index contributed by atoms with van der Waals surface area (Å²) in [4.78, 5) is 20.3. The molecule has 0 saturated carbocycles. The average molecular weight is 160 g/mol. The van der Waals surface area contributed by atoms with Crippen LogP contribution in [0.5, 0.6) is 0 Å². The first-order chi connectivity index (χ1) is 5.02. The van der Waals surface area contributed by atoms with E-state index in [9.17, 15) is 9.59 Å². The van der Waals surface area contributed by atoms with Gasteiger partial charge in [0.1, 0.15) is 0 Å². The normalized spacial score (nSPS) is 12.5. The van der Waals surface area contributed by atoms with Crippen LogP contribution >= 0.6 is 0 Å². The molecular weight excluding hydrogens is 148 g/mol. The fourth-order valence-electron chi connectivity index (χ4n) is 0.635. The predicted molar refractivity (Wildman–Crippen MR) is 38.9 cm³/mol. The molecule has 0 saturated heterocycles. The van der Waals surface area contributed by atoms with Crippen molar-refractivity contribution >= 4 is 11.9 Å². The lowest BCUT2D eigenvalue weighted by Gasteiger charge is -2.08. The van der Waals surface area contributed by atoms with Crippen LogP contribution < -0.4 is 11.1 Å². The van der Waals surface area contributed by atoms with Gasteiger partial charge in [-0.2, -0.15) is 0 Å². The van der Waals surface area contributed by atoms with E-state index in [2.05, 4.69) is 5.32 Å². The number of nitrogens with one attached hydrogen (secondary N) is 1. The van der Waals surface area contributed by atoms with Gasteiger partial charge in [-0.15, -0.1) is 0 Å². The maximum Gasteiger partial charge on any atom is 0.317 e. The van der Waals surface area contributed by atoms with Gasteiger partial charge in [0.05, 0.1) is 6.54 Å². The van der Waals surface area contributed by atoms with Gasteiger partial charge < -0.3 is 16.2 Å². The third-order valence-corrected chi connectivity index (χ3v) is 1.11. The van der Waals surface area contributed by atoms with Gasteiger partial charge in [-0.05, 0) is 6.92 Å². The minimum absolute atomic E-state index is 0.144. The molecule has 4 N–H and O–H groups in total. The molecule has 5 heteroatoms. The number of carbonyl (C=O) groups is 2. The van der Waals surface area contributed by atoms with Crippen LogP contribution in [0.1, 0.15) is 13.3 Å². The van der Waals surface area contributed by atoms with Crippen molar-refractivity contribution in [1.29, 1.82) is 0 Å². The number of carboxylic acid groups (broad SMARTS) is 1. The quantitative estimate of drug-likeness (QED) is 0.477.